The van der Waals surface area contributed by atoms with Crippen LogP contribution < -0.4 is 0 Å². The van der Waals surface area contributed by atoms with Gasteiger partial charge in [0.1, 0.15) is 9.84 Å². The van der Waals surface area contributed by atoms with Crippen LogP contribution in [0.2, 0.25) is 0 Å². The summed E-state index contributed by atoms with van der Waals surface area (Å²) < 4.78 is 22.5. The zero-order valence-electron chi connectivity index (χ0n) is 8.78. The van der Waals surface area contributed by atoms with Crippen molar-refractivity contribution < 1.29 is 8.42 Å². The molecule has 82 valence electrons. The van der Waals surface area contributed by atoms with Gasteiger partial charge < -0.3 is 4.90 Å². The monoisotopic (exact) mass is 217 g/mol. The van der Waals surface area contributed by atoms with E-state index in [4.69, 9.17) is 0 Å². The Kier molecular flexibility index (Phi) is 2.84. The zero-order valence-corrected chi connectivity index (χ0v) is 9.59. The lowest BCUT2D eigenvalue weighted by molar-refractivity contribution is 0.220. The summed E-state index contributed by atoms with van der Waals surface area (Å²) in [4.78, 5) is 2.49. The summed E-state index contributed by atoms with van der Waals surface area (Å²) in [6.45, 7) is 4.62. The maximum Gasteiger partial charge on any atom is 0.150 e. The van der Waals surface area contributed by atoms with Crippen molar-refractivity contribution in [1.29, 1.82) is 0 Å². The van der Waals surface area contributed by atoms with Crippen molar-refractivity contribution in [2.45, 2.75) is 32.2 Å². The average molecular weight is 217 g/mol. The van der Waals surface area contributed by atoms with Gasteiger partial charge in [-0.1, -0.05) is 6.92 Å². The normalized spacial score (nSPS) is 34.8. The summed E-state index contributed by atoms with van der Waals surface area (Å²) in [7, 11) is -2.69. The molecule has 2 aliphatic heterocycles. The van der Waals surface area contributed by atoms with Crippen LogP contribution in [0, 0.1) is 5.92 Å². The fourth-order valence-electron chi connectivity index (χ4n) is 2.54. The molecule has 0 saturated carbocycles. The van der Waals surface area contributed by atoms with E-state index in [1.54, 1.807) is 0 Å². The second-order valence-corrected chi connectivity index (χ2v) is 7.08. The molecule has 2 aliphatic rings. The summed E-state index contributed by atoms with van der Waals surface area (Å²) >= 11 is 0. The Hall–Kier alpha value is -0.0900. The quantitative estimate of drug-likeness (QED) is 0.655. The second kappa shape index (κ2) is 3.81. The predicted molar refractivity (Wildman–Crippen MR) is 57.0 cm³/mol. The molecule has 4 heteroatoms. The van der Waals surface area contributed by atoms with Crippen molar-refractivity contribution in [2.24, 2.45) is 5.92 Å². The van der Waals surface area contributed by atoms with Gasteiger partial charge in [-0.3, -0.25) is 0 Å². The number of rotatable bonds is 1. The van der Waals surface area contributed by atoms with Crippen LogP contribution in [0.5, 0.6) is 0 Å². The highest BCUT2D eigenvalue weighted by Gasteiger charge is 2.30. The average Bonchev–Trinajstić information content (AvgIpc) is 2.52. The first kappa shape index (κ1) is 10.4. The Morgan fingerprint density at radius 3 is 2.29 bits per heavy atom. The minimum Gasteiger partial charge on any atom is -0.300 e. The molecule has 0 N–H and O–H groups in total. The second-order valence-electron chi connectivity index (χ2n) is 4.77. The number of likely N-dealkylation sites (tertiary alicyclic amines) is 1. The molecule has 1 atom stereocenters. The summed E-state index contributed by atoms with van der Waals surface area (Å²) in [5, 5.41) is 0. The molecule has 2 saturated heterocycles. The Balaban J connectivity index is 1.89. The highest BCUT2D eigenvalue weighted by molar-refractivity contribution is 7.91. The molecule has 2 rings (SSSR count). The lowest BCUT2D eigenvalue weighted by Gasteiger charge is -2.30. The molecule has 2 fully saturated rings. The van der Waals surface area contributed by atoms with Gasteiger partial charge in [0.2, 0.25) is 0 Å². The van der Waals surface area contributed by atoms with E-state index >= 15 is 0 Å². The van der Waals surface area contributed by atoms with Crippen LogP contribution in [0.3, 0.4) is 0 Å². The van der Waals surface area contributed by atoms with E-state index in [1.807, 2.05) is 0 Å². The maximum atomic E-state index is 11.3. The number of sulfone groups is 1. The van der Waals surface area contributed by atoms with E-state index in [0.29, 0.717) is 17.5 Å². The molecule has 0 spiro atoms. The number of hydrogen-bond donors (Lipinski definition) is 0. The minimum atomic E-state index is -2.69. The van der Waals surface area contributed by atoms with Gasteiger partial charge in [-0.15, -0.1) is 0 Å². The Bertz CT molecular complexity index is 285. The summed E-state index contributed by atoms with van der Waals surface area (Å²) in [6.07, 6.45) is 2.99. The largest absolute Gasteiger partial charge is 0.300 e. The van der Waals surface area contributed by atoms with Crippen LogP contribution in [0.4, 0.5) is 0 Å². The highest BCUT2D eigenvalue weighted by atomic mass is 32.2. The fraction of sp³-hybridized carbons (Fsp3) is 1.00. The van der Waals surface area contributed by atoms with Gasteiger partial charge >= 0.3 is 0 Å². The summed E-state index contributed by atoms with van der Waals surface area (Å²) in [5.41, 5.74) is 0. The first-order valence-corrected chi connectivity index (χ1v) is 7.33. The predicted octanol–water partition coefficient (Wildman–Crippen LogP) is 0.905. The molecule has 0 bridgehead atoms. The Morgan fingerprint density at radius 2 is 1.79 bits per heavy atom. The van der Waals surface area contributed by atoms with Crippen LogP contribution in [0.25, 0.3) is 0 Å². The van der Waals surface area contributed by atoms with Crippen LogP contribution in [-0.2, 0) is 9.84 Å². The molecule has 0 aromatic carbocycles. The van der Waals surface area contributed by atoms with Gasteiger partial charge in [0.25, 0.3) is 0 Å². The fourth-order valence-corrected chi connectivity index (χ4v) is 4.01. The van der Waals surface area contributed by atoms with Crippen molar-refractivity contribution in [3.63, 3.8) is 0 Å². The molecule has 0 unspecified atom stereocenters. The van der Waals surface area contributed by atoms with Gasteiger partial charge in [-0.2, -0.15) is 0 Å². The lowest BCUT2D eigenvalue weighted by atomic mass is 10.1. The molecule has 0 amide bonds. The third-order valence-corrected chi connectivity index (χ3v) is 5.21. The van der Waals surface area contributed by atoms with Crippen LogP contribution in [-0.4, -0.2) is 44.0 Å². The SMILES string of the molecule is C[C@H]1CCN(C2CCS(=O)(=O)CC2)C1. The van der Waals surface area contributed by atoms with Gasteiger partial charge in [-0.25, -0.2) is 8.42 Å². The third-order valence-electron chi connectivity index (χ3n) is 3.50. The van der Waals surface area contributed by atoms with Crippen molar-refractivity contribution in [3.05, 3.63) is 0 Å². The molecule has 14 heavy (non-hydrogen) atoms. The van der Waals surface area contributed by atoms with E-state index in [9.17, 15) is 8.42 Å². The van der Waals surface area contributed by atoms with Crippen LogP contribution in [0.1, 0.15) is 26.2 Å². The van der Waals surface area contributed by atoms with Gasteiger partial charge in [0.05, 0.1) is 11.5 Å². The molecule has 2 heterocycles. The maximum absolute atomic E-state index is 11.3. The zero-order chi connectivity index (χ0) is 10.2. The molecule has 0 aromatic rings. The minimum absolute atomic E-state index is 0.405. The van der Waals surface area contributed by atoms with Crippen LogP contribution in [0.15, 0.2) is 0 Å². The van der Waals surface area contributed by atoms with Crippen molar-refractivity contribution >= 4 is 9.84 Å². The van der Waals surface area contributed by atoms with Crippen molar-refractivity contribution in [1.82, 2.24) is 4.90 Å². The molecular formula is C10H19NO2S. The van der Waals surface area contributed by atoms with Crippen molar-refractivity contribution in [2.75, 3.05) is 24.6 Å². The van der Waals surface area contributed by atoms with E-state index in [0.717, 1.165) is 18.8 Å². The smallest absolute Gasteiger partial charge is 0.150 e. The lowest BCUT2D eigenvalue weighted by Crippen LogP contribution is -2.39. The number of nitrogens with zero attached hydrogens (tertiary/aromatic N) is 1. The summed E-state index contributed by atoms with van der Waals surface area (Å²) in [6, 6.07) is 0.545. The van der Waals surface area contributed by atoms with E-state index in [2.05, 4.69) is 11.8 Å². The van der Waals surface area contributed by atoms with Gasteiger partial charge in [-0.05, 0) is 31.7 Å². The standard InChI is InChI=1S/C10H19NO2S/c1-9-2-5-11(8-9)10-3-6-14(12,13)7-4-10/h9-10H,2-8H2,1H3/t9-/m0/s1. The first-order chi connectivity index (χ1) is 6.57. The van der Waals surface area contributed by atoms with E-state index in [1.165, 1.54) is 19.5 Å². The Morgan fingerprint density at radius 1 is 1.14 bits per heavy atom. The van der Waals surface area contributed by atoms with Gasteiger partial charge in [0, 0.05) is 12.6 Å². The van der Waals surface area contributed by atoms with E-state index in [-0.39, 0.29) is 0 Å². The number of hydrogen-bond acceptors (Lipinski definition) is 3. The molecule has 0 radical (unpaired) electrons. The highest BCUT2D eigenvalue weighted by Crippen LogP contribution is 2.24. The third kappa shape index (κ3) is 2.28. The molecule has 3 nitrogen and oxygen atoms in total. The van der Waals surface area contributed by atoms with Crippen molar-refractivity contribution in [3.8, 4) is 0 Å². The molecular weight excluding hydrogens is 198 g/mol. The first-order valence-electron chi connectivity index (χ1n) is 5.51. The molecule has 0 aliphatic carbocycles. The van der Waals surface area contributed by atoms with E-state index < -0.39 is 9.84 Å². The Labute approximate surface area is 86.4 Å². The van der Waals surface area contributed by atoms with Crippen LogP contribution >= 0.6 is 0 Å². The molecule has 0 aromatic heterocycles. The van der Waals surface area contributed by atoms with Gasteiger partial charge in [0.15, 0.2) is 0 Å². The summed E-state index contributed by atoms with van der Waals surface area (Å²) in [5.74, 6) is 1.61. The topological polar surface area (TPSA) is 37.4 Å².